The summed E-state index contributed by atoms with van der Waals surface area (Å²) in [5, 5.41) is 18.3. The Hall–Kier alpha value is -0.870. The second kappa shape index (κ2) is 4.57. The Morgan fingerprint density at radius 2 is 2.29 bits per heavy atom. The van der Waals surface area contributed by atoms with Crippen LogP contribution in [0.3, 0.4) is 0 Å². The van der Waals surface area contributed by atoms with Gasteiger partial charge in [-0.1, -0.05) is 6.58 Å². The Kier molecular flexibility index (Phi) is 3.66. The van der Waals surface area contributed by atoms with Crippen molar-refractivity contribution in [1.82, 2.24) is 4.90 Å². The van der Waals surface area contributed by atoms with Crippen molar-refractivity contribution >= 4 is 5.97 Å². The fourth-order valence-electron chi connectivity index (χ4n) is 1.73. The molecule has 1 saturated heterocycles. The number of rotatable bonds is 3. The number of carbonyl (C=O) groups is 1. The molecule has 1 rings (SSSR count). The van der Waals surface area contributed by atoms with Crippen molar-refractivity contribution < 1.29 is 15.0 Å². The minimum Gasteiger partial charge on any atom is -0.478 e. The smallest absolute Gasteiger partial charge is 0.332 e. The Morgan fingerprint density at radius 1 is 1.64 bits per heavy atom. The number of aliphatic carboxylic acids is 1. The number of likely N-dealkylation sites (tertiary alicyclic amines) is 1. The summed E-state index contributed by atoms with van der Waals surface area (Å²) in [6, 6.07) is 0.0276. The molecule has 4 nitrogen and oxygen atoms in total. The molecule has 1 heterocycles. The van der Waals surface area contributed by atoms with E-state index < -0.39 is 5.97 Å². The van der Waals surface area contributed by atoms with Gasteiger partial charge in [-0.3, -0.25) is 4.90 Å². The Balaban J connectivity index is 2.51. The molecule has 0 bridgehead atoms. The lowest BCUT2D eigenvalue weighted by Gasteiger charge is -2.36. The molecule has 0 aromatic heterocycles. The first kappa shape index (κ1) is 11.2. The lowest BCUT2D eigenvalue weighted by atomic mass is 10.00. The van der Waals surface area contributed by atoms with Gasteiger partial charge in [0.2, 0.25) is 0 Å². The molecule has 2 atom stereocenters. The van der Waals surface area contributed by atoms with E-state index in [1.807, 2.05) is 11.8 Å². The van der Waals surface area contributed by atoms with Crippen molar-refractivity contribution in [3.63, 3.8) is 0 Å². The average Bonchev–Trinajstić information content (AvgIpc) is 2.12. The van der Waals surface area contributed by atoms with Gasteiger partial charge in [-0.25, -0.2) is 4.79 Å². The van der Waals surface area contributed by atoms with E-state index in [0.29, 0.717) is 6.54 Å². The maximum Gasteiger partial charge on any atom is 0.332 e. The minimum atomic E-state index is -0.961. The second-order valence-corrected chi connectivity index (χ2v) is 3.83. The predicted octanol–water partition coefficient (Wildman–Crippen LogP) is 0.472. The molecule has 0 aliphatic carbocycles. The van der Waals surface area contributed by atoms with Crippen LogP contribution in [-0.2, 0) is 4.79 Å². The highest BCUT2D eigenvalue weighted by Gasteiger charge is 2.26. The van der Waals surface area contributed by atoms with Gasteiger partial charge < -0.3 is 10.2 Å². The molecular weight excluding hydrogens is 182 g/mol. The van der Waals surface area contributed by atoms with E-state index in [-0.39, 0.29) is 17.7 Å². The molecule has 14 heavy (non-hydrogen) atoms. The number of carboxylic acid groups (broad SMARTS) is 1. The third kappa shape index (κ3) is 2.56. The molecule has 0 radical (unpaired) electrons. The zero-order chi connectivity index (χ0) is 10.7. The van der Waals surface area contributed by atoms with Gasteiger partial charge >= 0.3 is 5.97 Å². The third-order valence-electron chi connectivity index (χ3n) is 2.77. The standard InChI is InChI=1S/C10H17NO3/c1-7(10(13)14)6-11-5-3-4-9(12)8(11)2/h8-9,12H,1,3-6H2,2H3,(H,13,14). The highest BCUT2D eigenvalue weighted by atomic mass is 16.4. The summed E-state index contributed by atoms with van der Waals surface area (Å²) >= 11 is 0. The molecule has 0 spiro atoms. The number of aliphatic hydroxyl groups excluding tert-OH is 1. The Morgan fingerprint density at radius 3 is 2.86 bits per heavy atom. The van der Waals surface area contributed by atoms with E-state index in [2.05, 4.69) is 6.58 Å². The van der Waals surface area contributed by atoms with Crippen LogP contribution in [0.2, 0.25) is 0 Å². The van der Waals surface area contributed by atoms with Gasteiger partial charge in [0.25, 0.3) is 0 Å². The largest absolute Gasteiger partial charge is 0.478 e. The van der Waals surface area contributed by atoms with Gasteiger partial charge in [0.1, 0.15) is 0 Å². The summed E-state index contributed by atoms with van der Waals surface area (Å²) < 4.78 is 0. The van der Waals surface area contributed by atoms with Gasteiger partial charge in [-0.2, -0.15) is 0 Å². The Labute approximate surface area is 83.8 Å². The van der Waals surface area contributed by atoms with Gasteiger partial charge in [0, 0.05) is 18.2 Å². The number of carboxylic acids is 1. The van der Waals surface area contributed by atoms with Gasteiger partial charge in [-0.15, -0.1) is 0 Å². The number of aliphatic hydroxyl groups is 1. The highest BCUT2D eigenvalue weighted by Crippen LogP contribution is 2.17. The van der Waals surface area contributed by atoms with Crippen molar-refractivity contribution in [2.45, 2.75) is 31.9 Å². The molecular formula is C10H17NO3. The van der Waals surface area contributed by atoms with E-state index in [9.17, 15) is 9.90 Å². The maximum absolute atomic E-state index is 10.6. The first-order valence-corrected chi connectivity index (χ1v) is 4.85. The summed E-state index contributed by atoms with van der Waals surface area (Å²) in [6.07, 6.45) is 1.38. The van der Waals surface area contributed by atoms with E-state index >= 15 is 0 Å². The molecule has 1 aliphatic heterocycles. The van der Waals surface area contributed by atoms with E-state index in [0.717, 1.165) is 19.4 Å². The SMILES string of the molecule is C=C(CN1CCCC(O)C1C)C(=O)O. The molecule has 2 N–H and O–H groups in total. The fraction of sp³-hybridized carbons (Fsp3) is 0.700. The maximum atomic E-state index is 10.6. The highest BCUT2D eigenvalue weighted by molar-refractivity contribution is 5.86. The number of hydrogen-bond acceptors (Lipinski definition) is 3. The van der Waals surface area contributed by atoms with Crippen LogP contribution < -0.4 is 0 Å². The van der Waals surface area contributed by atoms with Crippen molar-refractivity contribution in [1.29, 1.82) is 0 Å². The van der Waals surface area contributed by atoms with Crippen LogP contribution in [0.25, 0.3) is 0 Å². The van der Waals surface area contributed by atoms with E-state index in [1.165, 1.54) is 0 Å². The van der Waals surface area contributed by atoms with Crippen molar-refractivity contribution in [2.75, 3.05) is 13.1 Å². The van der Waals surface area contributed by atoms with Crippen molar-refractivity contribution in [3.05, 3.63) is 12.2 Å². The molecule has 1 aliphatic rings. The van der Waals surface area contributed by atoms with Crippen molar-refractivity contribution in [2.24, 2.45) is 0 Å². The lowest BCUT2D eigenvalue weighted by Crippen LogP contribution is -2.47. The molecule has 1 fully saturated rings. The second-order valence-electron chi connectivity index (χ2n) is 3.83. The molecule has 0 aromatic rings. The number of hydrogen-bond donors (Lipinski definition) is 2. The van der Waals surface area contributed by atoms with Crippen molar-refractivity contribution in [3.8, 4) is 0 Å². The summed E-state index contributed by atoms with van der Waals surface area (Å²) in [7, 11) is 0. The average molecular weight is 199 g/mol. The van der Waals surface area contributed by atoms with Crippen LogP contribution in [0.4, 0.5) is 0 Å². The summed E-state index contributed by atoms with van der Waals surface area (Å²) in [4.78, 5) is 12.5. The third-order valence-corrected chi connectivity index (χ3v) is 2.77. The van der Waals surface area contributed by atoms with Crippen LogP contribution in [0.5, 0.6) is 0 Å². The molecule has 4 heteroatoms. The molecule has 80 valence electrons. The first-order valence-electron chi connectivity index (χ1n) is 4.85. The summed E-state index contributed by atoms with van der Waals surface area (Å²) in [6.45, 7) is 6.58. The minimum absolute atomic E-state index is 0.0276. The number of nitrogens with zero attached hydrogens (tertiary/aromatic N) is 1. The van der Waals surface area contributed by atoms with Crippen LogP contribution in [0.15, 0.2) is 12.2 Å². The molecule has 0 saturated carbocycles. The molecule has 0 aromatic carbocycles. The first-order chi connectivity index (χ1) is 6.52. The normalized spacial score (nSPS) is 28.7. The van der Waals surface area contributed by atoms with E-state index in [1.54, 1.807) is 0 Å². The monoisotopic (exact) mass is 199 g/mol. The zero-order valence-corrected chi connectivity index (χ0v) is 8.44. The van der Waals surface area contributed by atoms with E-state index in [4.69, 9.17) is 5.11 Å². The van der Waals surface area contributed by atoms with Gasteiger partial charge in [0.05, 0.1) is 6.10 Å². The Bertz CT molecular complexity index is 240. The van der Waals surface area contributed by atoms with Crippen LogP contribution in [0.1, 0.15) is 19.8 Å². The van der Waals surface area contributed by atoms with Gasteiger partial charge in [0.15, 0.2) is 0 Å². The quantitative estimate of drug-likeness (QED) is 0.649. The van der Waals surface area contributed by atoms with Gasteiger partial charge in [-0.05, 0) is 26.3 Å². The molecule has 2 unspecified atom stereocenters. The summed E-state index contributed by atoms with van der Waals surface area (Å²) in [5.41, 5.74) is 0.186. The predicted molar refractivity (Wildman–Crippen MR) is 53.1 cm³/mol. The fourth-order valence-corrected chi connectivity index (χ4v) is 1.73. The van der Waals surface area contributed by atoms with Crippen LogP contribution in [0, 0.1) is 0 Å². The van der Waals surface area contributed by atoms with Crippen LogP contribution in [-0.4, -0.2) is 46.3 Å². The lowest BCUT2D eigenvalue weighted by molar-refractivity contribution is -0.133. The molecule has 0 amide bonds. The summed E-state index contributed by atoms with van der Waals surface area (Å²) in [5.74, 6) is -0.961. The topological polar surface area (TPSA) is 60.8 Å². The number of piperidine rings is 1. The zero-order valence-electron chi connectivity index (χ0n) is 8.44. The van der Waals surface area contributed by atoms with Crippen LogP contribution >= 0.6 is 0 Å².